The van der Waals surface area contributed by atoms with E-state index in [1.165, 1.54) is 26.0 Å². The molecule has 1 aromatic rings. The Kier molecular flexibility index (Phi) is 3.85. The Morgan fingerprint density at radius 2 is 1.90 bits per heavy atom. The summed E-state index contributed by atoms with van der Waals surface area (Å²) in [5.41, 5.74) is 4.32. The topological polar surface area (TPSA) is 81.8 Å². The van der Waals surface area contributed by atoms with Gasteiger partial charge >= 0.3 is 5.97 Å². The molecule has 0 bridgehead atoms. The molecule has 0 saturated carbocycles. The molecule has 20 heavy (non-hydrogen) atoms. The first-order valence-corrected chi connectivity index (χ1v) is 6.42. The van der Waals surface area contributed by atoms with Crippen LogP contribution in [0.5, 0.6) is 11.5 Å². The second-order valence-electron chi connectivity index (χ2n) is 5.23. The monoisotopic (exact) mass is 283 g/mol. The fraction of sp³-hybridized carbons (Fsp3) is 0.500. The van der Waals surface area contributed by atoms with E-state index in [9.17, 15) is 9.18 Å². The van der Waals surface area contributed by atoms with Gasteiger partial charge in [-0.05, 0) is 37.1 Å². The standard InChI is InChI=1S/C14H18FNO4/c1-14(2,15)9-7-11-10(19-4-3-5-20-11)6-8(9)12(16)13(17)18/h6-7,12H,3-5,16H2,1-2H3,(H,17,18). The Morgan fingerprint density at radius 1 is 1.35 bits per heavy atom. The van der Waals surface area contributed by atoms with Crippen LogP contribution in [0.2, 0.25) is 0 Å². The largest absolute Gasteiger partial charge is 0.490 e. The number of hydrogen-bond acceptors (Lipinski definition) is 4. The first-order valence-electron chi connectivity index (χ1n) is 6.42. The van der Waals surface area contributed by atoms with E-state index in [-0.39, 0.29) is 11.1 Å². The Labute approximate surface area is 116 Å². The summed E-state index contributed by atoms with van der Waals surface area (Å²) >= 11 is 0. The number of benzene rings is 1. The van der Waals surface area contributed by atoms with E-state index in [4.69, 9.17) is 20.3 Å². The fourth-order valence-electron chi connectivity index (χ4n) is 2.13. The second kappa shape index (κ2) is 5.28. The van der Waals surface area contributed by atoms with E-state index >= 15 is 0 Å². The number of halogens is 1. The number of fused-ring (bicyclic) bond motifs is 1. The molecule has 0 aliphatic carbocycles. The van der Waals surface area contributed by atoms with Gasteiger partial charge in [0, 0.05) is 6.42 Å². The van der Waals surface area contributed by atoms with Crippen molar-refractivity contribution in [1.82, 2.24) is 0 Å². The number of carbonyl (C=O) groups is 1. The third kappa shape index (κ3) is 2.85. The van der Waals surface area contributed by atoms with Crippen molar-refractivity contribution in [3.8, 4) is 11.5 Å². The third-order valence-electron chi connectivity index (χ3n) is 3.16. The van der Waals surface area contributed by atoms with Crippen LogP contribution in [0.15, 0.2) is 12.1 Å². The molecule has 1 heterocycles. The smallest absolute Gasteiger partial charge is 0.325 e. The van der Waals surface area contributed by atoms with E-state index in [0.29, 0.717) is 31.1 Å². The Morgan fingerprint density at radius 3 is 2.40 bits per heavy atom. The van der Waals surface area contributed by atoms with Gasteiger partial charge in [-0.25, -0.2) is 4.39 Å². The van der Waals surface area contributed by atoms with Gasteiger partial charge < -0.3 is 20.3 Å². The molecule has 0 spiro atoms. The van der Waals surface area contributed by atoms with Crippen LogP contribution >= 0.6 is 0 Å². The number of rotatable bonds is 3. The summed E-state index contributed by atoms with van der Waals surface area (Å²) in [6.07, 6.45) is 0.712. The van der Waals surface area contributed by atoms with Crippen molar-refractivity contribution in [2.75, 3.05) is 13.2 Å². The number of carboxylic acid groups (broad SMARTS) is 1. The van der Waals surface area contributed by atoms with E-state index < -0.39 is 17.7 Å². The minimum atomic E-state index is -1.73. The lowest BCUT2D eigenvalue weighted by molar-refractivity contribution is -0.138. The highest BCUT2D eigenvalue weighted by molar-refractivity contribution is 5.76. The van der Waals surface area contributed by atoms with Crippen LogP contribution in [0.25, 0.3) is 0 Å². The SMILES string of the molecule is CC(C)(F)c1cc2c(cc1C(N)C(=O)O)OCCCO2. The van der Waals surface area contributed by atoms with Gasteiger partial charge in [0.2, 0.25) is 0 Å². The molecule has 0 amide bonds. The van der Waals surface area contributed by atoms with Gasteiger partial charge in [-0.2, -0.15) is 0 Å². The van der Waals surface area contributed by atoms with Crippen LogP contribution in [-0.4, -0.2) is 24.3 Å². The normalized spacial score (nSPS) is 16.4. The van der Waals surface area contributed by atoms with Crippen molar-refractivity contribution in [2.45, 2.75) is 32.0 Å². The fourth-order valence-corrected chi connectivity index (χ4v) is 2.13. The van der Waals surface area contributed by atoms with E-state index in [1.54, 1.807) is 0 Å². The maximum absolute atomic E-state index is 14.3. The van der Waals surface area contributed by atoms with Crippen molar-refractivity contribution >= 4 is 5.97 Å². The van der Waals surface area contributed by atoms with Gasteiger partial charge in [0.15, 0.2) is 11.5 Å². The maximum Gasteiger partial charge on any atom is 0.325 e. The summed E-state index contributed by atoms with van der Waals surface area (Å²) in [4.78, 5) is 11.1. The van der Waals surface area contributed by atoms with Crippen LogP contribution in [0.4, 0.5) is 4.39 Å². The van der Waals surface area contributed by atoms with Gasteiger partial charge in [-0.15, -0.1) is 0 Å². The number of aliphatic carboxylic acids is 1. The summed E-state index contributed by atoms with van der Waals surface area (Å²) in [6.45, 7) is 3.64. The highest BCUT2D eigenvalue weighted by Crippen LogP contribution is 2.40. The Balaban J connectivity index is 2.58. The number of alkyl halides is 1. The molecule has 3 N–H and O–H groups in total. The molecule has 1 unspecified atom stereocenters. The highest BCUT2D eigenvalue weighted by Gasteiger charge is 2.30. The zero-order valence-corrected chi connectivity index (χ0v) is 11.5. The molecule has 0 aromatic heterocycles. The maximum atomic E-state index is 14.3. The minimum absolute atomic E-state index is 0.203. The van der Waals surface area contributed by atoms with Crippen molar-refractivity contribution in [3.63, 3.8) is 0 Å². The lowest BCUT2D eigenvalue weighted by Crippen LogP contribution is -2.25. The number of nitrogens with two attached hydrogens (primary N) is 1. The zero-order chi connectivity index (χ0) is 14.9. The molecule has 0 radical (unpaired) electrons. The number of carboxylic acids is 1. The van der Waals surface area contributed by atoms with Gasteiger partial charge in [0.25, 0.3) is 0 Å². The quantitative estimate of drug-likeness (QED) is 0.888. The Bertz CT molecular complexity index is 525. The van der Waals surface area contributed by atoms with E-state index in [2.05, 4.69) is 0 Å². The number of hydrogen-bond donors (Lipinski definition) is 2. The van der Waals surface area contributed by atoms with Crippen molar-refractivity contribution in [1.29, 1.82) is 0 Å². The minimum Gasteiger partial charge on any atom is -0.490 e. The van der Waals surface area contributed by atoms with Crippen molar-refractivity contribution in [3.05, 3.63) is 23.3 Å². The summed E-state index contributed by atoms with van der Waals surface area (Å²) in [5.74, 6) is -0.392. The van der Waals surface area contributed by atoms with Gasteiger partial charge in [-0.1, -0.05) is 0 Å². The number of ether oxygens (including phenoxy) is 2. The van der Waals surface area contributed by atoms with E-state index in [0.717, 1.165) is 0 Å². The predicted octanol–water partition coefficient (Wildman–Crippen LogP) is 2.14. The second-order valence-corrected chi connectivity index (χ2v) is 5.23. The molecule has 0 fully saturated rings. The lowest BCUT2D eigenvalue weighted by atomic mass is 9.90. The zero-order valence-electron chi connectivity index (χ0n) is 11.5. The van der Waals surface area contributed by atoms with Gasteiger partial charge in [0.1, 0.15) is 11.7 Å². The lowest BCUT2D eigenvalue weighted by Gasteiger charge is -2.23. The van der Waals surface area contributed by atoms with Crippen LogP contribution in [-0.2, 0) is 10.5 Å². The molecule has 1 aromatic carbocycles. The Hall–Kier alpha value is -1.82. The summed E-state index contributed by atoms with van der Waals surface area (Å²) in [5, 5.41) is 9.07. The molecule has 6 heteroatoms. The average Bonchev–Trinajstić information content (AvgIpc) is 2.59. The average molecular weight is 283 g/mol. The molecule has 110 valence electrons. The molecule has 2 rings (SSSR count). The summed E-state index contributed by atoms with van der Waals surface area (Å²) in [7, 11) is 0. The molecule has 0 saturated heterocycles. The van der Waals surface area contributed by atoms with Gasteiger partial charge in [-0.3, -0.25) is 4.79 Å². The predicted molar refractivity (Wildman–Crippen MR) is 70.7 cm³/mol. The first-order chi connectivity index (χ1) is 9.30. The third-order valence-corrected chi connectivity index (χ3v) is 3.16. The van der Waals surface area contributed by atoms with Gasteiger partial charge in [0.05, 0.1) is 13.2 Å². The molecular formula is C14H18FNO4. The van der Waals surface area contributed by atoms with Crippen LogP contribution < -0.4 is 15.2 Å². The first kappa shape index (κ1) is 14.6. The van der Waals surface area contributed by atoms with Crippen molar-refractivity contribution < 1.29 is 23.8 Å². The molecule has 1 atom stereocenters. The molecule has 5 nitrogen and oxygen atoms in total. The van der Waals surface area contributed by atoms with Crippen LogP contribution in [0.3, 0.4) is 0 Å². The summed E-state index contributed by atoms with van der Waals surface area (Å²) in [6, 6.07) is 1.65. The highest BCUT2D eigenvalue weighted by atomic mass is 19.1. The van der Waals surface area contributed by atoms with E-state index in [1.807, 2.05) is 0 Å². The van der Waals surface area contributed by atoms with Crippen LogP contribution in [0, 0.1) is 0 Å². The van der Waals surface area contributed by atoms with Crippen LogP contribution in [0.1, 0.15) is 37.4 Å². The molecular weight excluding hydrogens is 265 g/mol. The molecule has 1 aliphatic rings. The van der Waals surface area contributed by atoms with Crippen molar-refractivity contribution in [2.24, 2.45) is 5.73 Å². The molecule has 1 aliphatic heterocycles. The summed E-state index contributed by atoms with van der Waals surface area (Å²) < 4.78 is 25.3.